The number of carbonyl (C=O) groups is 1. The first-order valence-electron chi connectivity index (χ1n) is 9.04. The van der Waals surface area contributed by atoms with Crippen LogP contribution in [-0.2, 0) is 7.05 Å². The summed E-state index contributed by atoms with van der Waals surface area (Å²) in [5.41, 5.74) is 2.64. The average molecular weight is 375 g/mol. The fourth-order valence-corrected chi connectivity index (χ4v) is 3.77. The zero-order valence-electron chi connectivity index (χ0n) is 14.9. The number of nitrogens with zero attached hydrogens (tertiary/aromatic N) is 2. The van der Waals surface area contributed by atoms with Crippen molar-refractivity contribution in [2.75, 3.05) is 0 Å². The molecule has 1 fully saturated rings. The normalized spacial score (nSPS) is 16.6. The van der Waals surface area contributed by atoms with Crippen LogP contribution in [0.25, 0.3) is 22.3 Å². The lowest BCUT2D eigenvalue weighted by Gasteiger charge is -2.34. The van der Waals surface area contributed by atoms with E-state index in [2.05, 4.69) is 10.1 Å². The fourth-order valence-electron chi connectivity index (χ4n) is 3.77. The van der Waals surface area contributed by atoms with Gasteiger partial charge in [0, 0.05) is 37.2 Å². The number of Topliss-reactive ketones (excluding diaryl/α,β-unsaturated/α-hetero) is 1. The van der Waals surface area contributed by atoms with Crippen molar-refractivity contribution in [3.8, 4) is 11.4 Å². The monoisotopic (exact) mass is 375 g/mol. The van der Waals surface area contributed by atoms with Gasteiger partial charge in [-0.25, -0.2) is 13.2 Å². The largest absolute Gasteiger partial charge is 0.353 e. The van der Waals surface area contributed by atoms with Crippen LogP contribution < -0.4 is 0 Å². The number of fused-ring (bicyclic) bond motifs is 1. The van der Waals surface area contributed by atoms with Crippen LogP contribution >= 0.6 is 0 Å². The van der Waals surface area contributed by atoms with Crippen LogP contribution in [0.2, 0.25) is 0 Å². The Morgan fingerprint density at radius 1 is 1.30 bits per heavy atom. The lowest BCUT2D eigenvalue weighted by Crippen LogP contribution is -2.35. The van der Waals surface area contributed by atoms with E-state index in [1.165, 1.54) is 12.1 Å². The summed E-state index contributed by atoms with van der Waals surface area (Å²) >= 11 is 0. The topological polar surface area (TPSA) is 50.7 Å². The molecule has 1 N–H and O–H groups in total. The highest BCUT2D eigenvalue weighted by Crippen LogP contribution is 2.44. The maximum absolute atomic E-state index is 13.4. The third-order valence-corrected chi connectivity index (χ3v) is 5.22. The Balaban J connectivity index is 1.43. The van der Waals surface area contributed by atoms with Crippen molar-refractivity contribution < 1.29 is 18.0 Å². The summed E-state index contributed by atoms with van der Waals surface area (Å²) in [5, 5.41) is 5.03. The predicted octanol–water partition coefficient (Wildman–Crippen LogP) is 5.11. The molecule has 4 rings (SSSR count). The summed E-state index contributed by atoms with van der Waals surface area (Å²) in [7, 11) is 1.74. The lowest BCUT2D eigenvalue weighted by atomic mass is 9.78. The van der Waals surface area contributed by atoms with Gasteiger partial charge in [-0.2, -0.15) is 5.10 Å². The molecule has 1 aromatic carbocycles. The Morgan fingerprint density at radius 2 is 2.07 bits per heavy atom. The van der Waals surface area contributed by atoms with Gasteiger partial charge in [-0.3, -0.25) is 9.48 Å². The van der Waals surface area contributed by atoms with Crippen LogP contribution in [0.1, 0.15) is 42.6 Å². The van der Waals surface area contributed by atoms with E-state index in [4.69, 9.17) is 0 Å². The second-order valence-electron chi connectivity index (χ2n) is 7.40. The lowest BCUT2D eigenvalue weighted by molar-refractivity contribution is -0.112. The number of halogens is 3. The second kappa shape index (κ2) is 6.55. The summed E-state index contributed by atoms with van der Waals surface area (Å²) in [5.74, 6) is -2.88. The van der Waals surface area contributed by atoms with Gasteiger partial charge in [0.15, 0.2) is 5.78 Å². The molecular weight excluding hydrogens is 355 g/mol. The van der Waals surface area contributed by atoms with Crippen molar-refractivity contribution in [1.82, 2.24) is 14.8 Å². The molecule has 3 aromatic rings. The molecule has 0 radical (unpaired) electrons. The highest BCUT2D eigenvalue weighted by molar-refractivity contribution is 5.95. The third kappa shape index (κ3) is 3.63. The molecule has 4 nitrogen and oxygen atoms in total. The summed E-state index contributed by atoms with van der Waals surface area (Å²) in [6.45, 7) is 0. The number of aromatic amines is 1. The highest BCUT2D eigenvalue weighted by Gasteiger charge is 2.44. The number of rotatable bonds is 6. The smallest absolute Gasteiger partial charge is 0.248 e. The van der Waals surface area contributed by atoms with E-state index in [1.807, 2.05) is 6.07 Å². The van der Waals surface area contributed by atoms with E-state index in [-0.39, 0.29) is 30.4 Å². The number of ketones is 1. The zero-order valence-corrected chi connectivity index (χ0v) is 14.9. The number of aryl methyl sites for hydroxylation is 1. The number of nitrogens with one attached hydrogen (secondary N) is 1. The van der Waals surface area contributed by atoms with E-state index in [0.717, 1.165) is 22.3 Å². The van der Waals surface area contributed by atoms with Crippen LogP contribution in [-0.4, -0.2) is 26.5 Å². The highest BCUT2D eigenvalue weighted by atomic mass is 19.3. The molecule has 0 bridgehead atoms. The van der Waals surface area contributed by atoms with Gasteiger partial charge in [0.25, 0.3) is 0 Å². The van der Waals surface area contributed by atoms with Crippen molar-refractivity contribution in [2.45, 2.75) is 38.0 Å². The fraction of sp³-hybridized carbons (Fsp3) is 0.400. The van der Waals surface area contributed by atoms with Crippen molar-refractivity contribution in [3.63, 3.8) is 0 Å². The predicted molar refractivity (Wildman–Crippen MR) is 96.3 cm³/mol. The third-order valence-electron chi connectivity index (χ3n) is 5.22. The van der Waals surface area contributed by atoms with E-state index in [1.54, 1.807) is 23.9 Å². The van der Waals surface area contributed by atoms with Gasteiger partial charge < -0.3 is 4.98 Å². The van der Waals surface area contributed by atoms with Crippen molar-refractivity contribution in [2.24, 2.45) is 13.0 Å². The Bertz CT molecular complexity index is 997. The second-order valence-corrected chi connectivity index (χ2v) is 7.40. The first kappa shape index (κ1) is 17.8. The number of benzene rings is 1. The minimum Gasteiger partial charge on any atom is -0.353 e. The maximum Gasteiger partial charge on any atom is 0.248 e. The van der Waals surface area contributed by atoms with Gasteiger partial charge in [-0.05, 0) is 49.1 Å². The minimum atomic E-state index is -2.51. The molecule has 1 saturated carbocycles. The van der Waals surface area contributed by atoms with Crippen LogP contribution in [0.4, 0.5) is 13.2 Å². The first-order valence-corrected chi connectivity index (χ1v) is 9.04. The van der Waals surface area contributed by atoms with Gasteiger partial charge in [0.2, 0.25) is 5.92 Å². The summed E-state index contributed by atoms with van der Waals surface area (Å²) in [4.78, 5) is 15.6. The molecule has 0 atom stereocenters. The number of aromatic nitrogens is 3. The molecular formula is C20H20F3N3O. The van der Waals surface area contributed by atoms with E-state index >= 15 is 0 Å². The first-order chi connectivity index (χ1) is 12.8. The molecule has 0 spiro atoms. The number of carbonyl (C=O) groups excluding carboxylic acids is 1. The van der Waals surface area contributed by atoms with E-state index in [9.17, 15) is 18.0 Å². The molecule has 27 heavy (non-hydrogen) atoms. The van der Waals surface area contributed by atoms with Gasteiger partial charge in [0.1, 0.15) is 11.5 Å². The molecule has 2 heterocycles. The molecule has 0 amide bonds. The van der Waals surface area contributed by atoms with E-state index in [0.29, 0.717) is 25.0 Å². The minimum absolute atomic E-state index is 0.0267. The van der Waals surface area contributed by atoms with Crippen LogP contribution in [0.15, 0.2) is 30.3 Å². The van der Waals surface area contributed by atoms with Gasteiger partial charge in [-0.1, -0.05) is 0 Å². The number of H-pyrrole nitrogens is 1. The molecule has 1 aliphatic carbocycles. The van der Waals surface area contributed by atoms with Crippen LogP contribution in [0.5, 0.6) is 0 Å². The molecule has 1 aliphatic rings. The Kier molecular flexibility index (Phi) is 4.32. The van der Waals surface area contributed by atoms with Crippen molar-refractivity contribution in [3.05, 3.63) is 41.8 Å². The van der Waals surface area contributed by atoms with Gasteiger partial charge >= 0.3 is 0 Å². The molecule has 142 valence electrons. The number of alkyl halides is 2. The Hall–Kier alpha value is -2.57. The number of hydrogen-bond acceptors (Lipinski definition) is 2. The summed E-state index contributed by atoms with van der Waals surface area (Å²) < 4.78 is 40.7. The molecule has 7 heteroatoms. The van der Waals surface area contributed by atoms with Crippen LogP contribution in [0.3, 0.4) is 0 Å². The van der Waals surface area contributed by atoms with E-state index < -0.39 is 5.92 Å². The quantitative estimate of drug-likeness (QED) is 0.609. The maximum atomic E-state index is 13.4. The van der Waals surface area contributed by atoms with Gasteiger partial charge in [0.05, 0.1) is 11.4 Å². The van der Waals surface area contributed by atoms with Crippen LogP contribution in [0, 0.1) is 11.7 Å². The standard InChI is InChI=1S/C20H20F3N3O/c1-26-18(16-8-13-7-14(21)5-6-15(13)24-16)9-17(25-26)19(27)4-2-3-12-10-20(22,23)11-12/h5-9,12,24H,2-4,10-11H2,1H3. The SMILES string of the molecule is Cn1nc(C(=O)CCCC2CC(F)(F)C2)cc1-c1cc2cc(F)ccc2[nH]1. The molecule has 0 saturated heterocycles. The number of hydrogen-bond donors (Lipinski definition) is 1. The van der Waals surface area contributed by atoms with Crippen molar-refractivity contribution >= 4 is 16.7 Å². The average Bonchev–Trinajstić information content (AvgIpc) is 3.15. The molecule has 0 aliphatic heterocycles. The Morgan fingerprint density at radius 3 is 2.81 bits per heavy atom. The van der Waals surface area contributed by atoms with Crippen molar-refractivity contribution in [1.29, 1.82) is 0 Å². The zero-order chi connectivity index (χ0) is 19.2. The summed E-state index contributed by atoms with van der Waals surface area (Å²) in [6, 6.07) is 8.03. The Labute approximate surface area is 154 Å². The molecule has 0 unspecified atom stereocenters. The van der Waals surface area contributed by atoms with Gasteiger partial charge in [-0.15, -0.1) is 0 Å². The molecule has 2 aromatic heterocycles. The summed E-state index contributed by atoms with van der Waals surface area (Å²) in [6.07, 6.45) is 1.42.